The Balaban J connectivity index is 1.87. The number of rotatable bonds is 7. The van der Waals surface area contributed by atoms with Gasteiger partial charge in [-0.05, 0) is 39.0 Å². The Labute approximate surface area is 175 Å². The zero-order chi connectivity index (χ0) is 21.9. The summed E-state index contributed by atoms with van der Waals surface area (Å²) in [5.41, 5.74) is 1.55. The van der Waals surface area contributed by atoms with Crippen LogP contribution in [0.2, 0.25) is 0 Å². The topological polar surface area (TPSA) is 110 Å². The Bertz CT molecular complexity index is 1130. The lowest BCUT2D eigenvalue weighted by Gasteiger charge is -2.23. The highest BCUT2D eigenvalue weighted by atomic mass is 32.2. The van der Waals surface area contributed by atoms with Crippen molar-refractivity contribution in [2.75, 3.05) is 13.7 Å². The summed E-state index contributed by atoms with van der Waals surface area (Å²) in [6, 6.07) is 12.9. The number of nitrogens with zero attached hydrogens (tertiary/aromatic N) is 1. The molecule has 0 saturated carbocycles. The van der Waals surface area contributed by atoms with Crippen LogP contribution in [0, 0.1) is 0 Å². The molecule has 0 saturated heterocycles. The van der Waals surface area contributed by atoms with Crippen molar-refractivity contribution in [3.8, 4) is 11.4 Å². The van der Waals surface area contributed by atoms with Crippen molar-refractivity contribution in [2.45, 2.75) is 37.3 Å². The average Bonchev–Trinajstić information content (AvgIpc) is 3.14. The average molecular weight is 432 g/mol. The summed E-state index contributed by atoms with van der Waals surface area (Å²) in [4.78, 5) is 19.7. The molecular formula is C21H25N3O5S. The Morgan fingerprint density at radius 1 is 1.17 bits per heavy atom. The van der Waals surface area contributed by atoms with Crippen LogP contribution in [0.1, 0.15) is 20.8 Å². The van der Waals surface area contributed by atoms with Gasteiger partial charge in [0.15, 0.2) is 0 Å². The second-order valence-electron chi connectivity index (χ2n) is 7.75. The summed E-state index contributed by atoms with van der Waals surface area (Å²) in [6.07, 6.45) is 0. The van der Waals surface area contributed by atoms with E-state index < -0.39 is 27.6 Å². The quantitative estimate of drug-likeness (QED) is 0.557. The summed E-state index contributed by atoms with van der Waals surface area (Å²) < 4.78 is 38.5. The molecule has 0 aliphatic heterocycles. The van der Waals surface area contributed by atoms with Crippen LogP contribution in [0.4, 0.5) is 0 Å². The van der Waals surface area contributed by atoms with Gasteiger partial charge in [0.2, 0.25) is 10.0 Å². The second kappa shape index (κ2) is 8.55. The number of aromatic nitrogens is 2. The molecule has 1 atom stereocenters. The third-order valence-electron chi connectivity index (χ3n) is 4.28. The standard InChI is InChI=1S/C21H25N3O5S/c1-21(2,3)29-13-18(20(25)28-4)24-30(26,27)15-10-11-16-17(12-15)23-19(22-16)14-8-6-5-7-9-14/h5-12,18,24H,13H2,1-4H3,(H,22,23)/t18-/m0/s1. The number of benzene rings is 2. The van der Waals surface area contributed by atoms with Gasteiger partial charge in [-0.2, -0.15) is 4.72 Å². The first-order valence-electron chi connectivity index (χ1n) is 9.38. The van der Waals surface area contributed by atoms with E-state index in [1.54, 1.807) is 6.07 Å². The van der Waals surface area contributed by atoms with Crippen molar-refractivity contribution >= 4 is 27.0 Å². The maximum Gasteiger partial charge on any atom is 0.326 e. The van der Waals surface area contributed by atoms with Crippen LogP contribution in [-0.4, -0.2) is 49.7 Å². The first-order chi connectivity index (χ1) is 14.1. The highest BCUT2D eigenvalue weighted by molar-refractivity contribution is 7.89. The molecule has 1 aromatic heterocycles. The van der Waals surface area contributed by atoms with Gasteiger partial charge in [0.1, 0.15) is 11.9 Å². The van der Waals surface area contributed by atoms with E-state index in [0.29, 0.717) is 16.9 Å². The van der Waals surface area contributed by atoms with Crippen molar-refractivity contribution in [3.05, 3.63) is 48.5 Å². The van der Waals surface area contributed by atoms with Crippen molar-refractivity contribution in [2.24, 2.45) is 0 Å². The van der Waals surface area contributed by atoms with E-state index in [1.807, 2.05) is 51.1 Å². The number of esters is 1. The number of sulfonamides is 1. The third kappa shape index (κ3) is 5.24. The van der Waals surface area contributed by atoms with E-state index in [4.69, 9.17) is 9.47 Å². The van der Waals surface area contributed by atoms with E-state index in [-0.39, 0.29) is 11.5 Å². The molecule has 3 rings (SSSR count). The fraction of sp³-hybridized carbons (Fsp3) is 0.333. The molecule has 0 amide bonds. The van der Waals surface area contributed by atoms with Crippen LogP contribution < -0.4 is 4.72 Å². The molecule has 160 valence electrons. The van der Waals surface area contributed by atoms with E-state index in [2.05, 4.69) is 14.7 Å². The third-order valence-corrected chi connectivity index (χ3v) is 5.75. The predicted molar refractivity (Wildman–Crippen MR) is 113 cm³/mol. The van der Waals surface area contributed by atoms with Gasteiger partial charge < -0.3 is 14.5 Å². The van der Waals surface area contributed by atoms with Gasteiger partial charge in [-0.15, -0.1) is 0 Å². The molecule has 8 nitrogen and oxygen atoms in total. The highest BCUT2D eigenvalue weighted by Gasteiger charge is 2.28. The minimum absolute atomic E-state index is 0.00271. The van der Waals surface area contributed by atoms with Crippen LogP contribution in [0.5, 0.6) is 0 Å². The van der Waals surface area contributed by atoms with Crippen LogP contribution >= 0.6 is 0 Å². The van der Waals surface area contributed by atoms with Crippen molar-refractivity contribution in [1.82, 2.24) is 14.7 Å². The molecule has 0 aliphatic rings. The van der Waals surface area contributed by atoms with Crippen molar-refractivity contribution in [1.29, 1.82) is 0 Å². The highest BCUT2D eigenvalue weighted by Crippen LogP contribution is 2.23. The molecule has 0 bridgehead atoms. The van der Waals surface area contributed by atoms with E-state index >= 15 is 0 Å². The van der Waals surface area contributed by atoms with Gasteiger partial charge in [-0.25, -0.2) is 13.4 Å². The van der Waals surface area contributed by atoms with Gasteiger partial charge >= 0.3 is 5.97 Å². The number of methoxy groups -OCH3 is 1. The molecule has 3 aromatic rings. The lowest BCUT2D eigenvalue weighted by atomic mass is 10.2. The molecule has 0 fully saturated rings. The lowest BCUT2D eigenvalue weighted by molar-refractivity contribution is -0.145. The summed E-state index contributed by atoms with van der Waals surface area (Å²) >= 11 is 0. The minimum atomic E-state index is -4.01. The van der Waals surface area contributed by atoms with E-state index in [9.17, 15) is 13.2 Å². The minimum Gasteiger partial charge on any atom is -0.468 e. The molecule has 2 N–H and O–H groups in total. The number of fused-ring (bicyclic) bond motifs is 1. The van der Waals surface area contributed by atoms with Crippen LogP contribution in [0.25, 0.3) is 22.4 Å². The molecule has 0 unspecified atom stereocenters. The van der Waals surface area contributed by atoms with Gasteiger partial charge in [-0.1, -0.05) is 30.3 Å². The summed E-state index contributed by atoms with van der Waals surface area (Å²) in [5, 5.41) is 0. The van der Waals surface area contributed by atoms with Gasteiger partial charge in [0.05, 0.1) is 35.2 Å². The number of imidazole rings is 1. The van der Waals surface area contributed by atoms with Crippen LogP contribution in [-0.2, 0) is 24.3 Å². The molecule has 1 heterocycles. The van der Waals surface area contributed by atoms with E-state index in [0.717, 1.165) is 5.56 Å². The van der Waals surface area contributed by atoms with E-state index in [1.165, 1.54) is 19.2 Å². The monoisotopic (exact) mass is 431 g/mol. The Morgan fingerprint density at radius 2 is 1.87 bits per heavy atom. The zero-order valence-corrected chi connectivity index (χ0v) is 18.1. The molecule has 0 aliphatic carbocycles. The van der Waals surface area contributed by atoms with Crippen molar-refractivity contribution in [3.63, 3.8) is 0 Å². The fourth-order valence-corrected chi connectivity index (χ4v) is 3.96. The first kappa shape index (κ1) is 21.9. The normalized spacial score (nSPS) is 13.3. The molecular weight excluding hydrogens is 406 g/mol. The number of ether oxygens (including phenoxy) is 2. The van der Waals surface area contributed by atoms with Gasteiger partial charge in [0.25, 0.3) is 0 Å². The molecule has 0 radical (unpaired) electrons. The molecule has 0 spiro atoms. The van der Waals surface area contributed by atoms with Gasteiger partial charge in [-0.3, -0.25) is 4.79 Å². The molecule has 9 heteroatoms. The number of carbonyl (C=O) groups is 1. The number of aromatic amines is 1. The Morgan fingerprint density at radius 3 is 2.50 bits per heavy atom. The lowest BCUT2D eigenvalue weighted by Crippen LogP contribution is -2.46. The number of nitrogens with one attached hydrogen (secondary N) is 2. The first-order valence-corrected chi connectivity index (χ1v) is 10.9. The fourth-order valence-electron chi connectivity index (χ4n) is 2.77. The smallest absolute Gasteiger partial charge is 0.326 e. The number of hydrogen-bond acceptors (Lipinski definition) is 6. The largest absolute Gasteiger partial charge is 0.468 e. The maximum atomic E-state index is 12.9. The SMILES string of the molecule is COC(=O)[C@H](COC(C)(C)C)NS(=O)(=O)c1ccc2nc(-c3ccccc3)[nH]c2c1. The number of hydrogen-bond donors (Lipinski definition) is 2. The number of carbonyl (C=O) groups excluding carboxylic acids is 1. The van der Waals surface area contributed by atoms with Gasteiger partial charge in [0, 0.05) is 5.56 Å². The second-order valence-corrected chi connectivity index (χ2v) is 9.46. The Kier molecular flexibility index (Phi) is 6.25. The summed E-state index contributed by atoms with van der Waals surface area (Å²) in [6.45, 7) is 5.28. The van der Waals surface area contributed by atoms with Crippen molar-refractivity contribution < 1.29 is 22.7 Å². The maximum absolute atomic E-state index is 12.9. The summed E-state index contributed by atoms with van der Waals surface area (Å²) in [7, 11) is -2.81. The zero-order valence-electron chi connectivity index (χ0n) is 17.3. The summed E-state index contributed by atoms with van der Waals surface area (Å²) in [5.74, 6) is -0.0871. The Hall–Kier alpha value is -2.75. The predicted octanol–water partition coefficient (Wildman–Crippen LogP) is 2.86. The van der Waals surface area contributed by atoms with Crippen LogP contribution in [0.15, 0.2) is 53.4 Å². The van der Waals surface area contributed by atoms with Crippen LogP contribution in [0.3, 0.4) is 0 Å². The molecule has 30 heavy (non-hydrogen) atoms. The number of H-pyrrole nitrogens is 1. The molecule has 2 aromatic carbocycles.